The molecule has 0 aliphatic carbocycles. The predicted molar refractivity (Wildman–Crippen MR) is 95.4 cm³/mol. The zero-order valence-corrected chi connectivity index (χ0v) is 14.1. The minimum atomic E-state index is -0.339. The number of aromatic nitrogens is 2. The Morgan fingerprint density at radius 2 is 1.81 bits per heavy atom. The summed E-state index contributed by atoms with van der Waals surface area (Å²) in [5, 5.41) is 13.6. The van der Waals surface area contributed by atoms with Crippen molar-refractivity contribution in [3.8, 4) is 11.5 Å². The van der Waals surface area contributed by atoms with Crippen LogP contribution in [0.4, 0.5) is 15.9 Å². The second-order valence-electron chi connectivity index (χ2n) is 5.81. The highest BCUT2D eigenvalue weighted by Gasteiger charge is 2.14. The fourth-order valence-corrected chi connectivity index (χ4v) is 2.52. The second kappa shape index (κ2) is 7.28. The van der Waals surface area contributed by atoms with Crippen molar-refractivity contribution in [2.75, 3.05) is 12.1 Å². The summed E-state index contributed by atoms with van der Waals surface area (Å²) in [5.74, 6) is 1.15. The Bertz CT molecular complexity index is 962. The van der Waals surface area contributed by atoms with Gasteiger partial charge in [-0.1, -0.05) is 6.07 Å². The van der Waals surface area contributed by atoms with Gasteiger partial charge in [-0.15, -0.1) is 10.2 Å². The van der Waals surface area contributed by atoms with Crippen LogP contribution in [0.15, 0.2) is 54.6 Å². The van der Waals surface area contributed by atoms with Crippen LogP contribution in [0, 0.1) is 5.82 Å². The summed E-state index contributed by atoms with van der Waals surface area (Å²) in [6.07, 6.45) is 0. The average molecular weight is 366 g/mol. The summed E-state index contributed by atoms with van der Waals surface area (Å²) in [5.41, 5.74) is 1.75. The molecule has 0 bridgehead atoms. The van der Waals surface area contributed by atoms with E-state index >= 15 is 0 Å². The Kier molecular flexibility index (Phi) is 4.52. The van der Waals surface area contributed by atoms with E-state index in [1.807, 2.05) is 12.1 Å². The minimum absolute atomic E-state index is 0.195. The van der Waals surface area contributed by atoms with Gasteiger partial charge in [0.2, 0.25) is 6.79 Å². The number of ether oxygens (including phenoxy) is 2. The first kappa shape index (κ1) is 16.8. The minimum Gasteiger partial charge on any atom is -0.454 e. The lowest BCUT2D eigenvalue weighted by molar-refractivity contribution is 0.0945. The molecule has 4 rings (SSSR count). The molecule has 27 heavy (non-hydrogen) atoms. The molecule has 0 unspecified atom stereocenters. The summed E-state index contributed by atoms with van der Waals surface area (Å²) < 4.78 is 23.5. The van der Waals surface area contributed by atoms with Gasteiger partial charge in [-0.05, 0) is 54.1 Å². The molecule has 3 aromatic rings. The highest BCUT2D eigenvalue weighted by Crippen LogP contribution is 2.32. The summed E-state index contributed by atoms with van der Waals surface area (Å²) in [7, 11) is 0. The van der Waals surface area contributed by atoms with E-state index in [-0.39, 0.29) is 24.2 Å². The summed E-state index contributed by atoms with van der Waals surface area (Å²) in [6, 6.07) is 14.5. The van der Waals surface area contributed by atoms with Gasteiger partial charge in [0, 0.05) is 12.2 Å². The molecule has 2 heterocycles. The van der Waals surface area contributed by atoms with E-state index in [0.717, 1.165) is 5.56 Å². The normalized spacial score (nSPS) is 11.9. The highest BCUT2D eigenvalue weighted by atomic mass is 19.1. The number of benzene rings is 2. The molecule has 0 radical (unpaired) electrons. The SMILES string of the molecule is O=C(NCc1ccc2c(c1)OCO2)c1ccc(Nc2ccc(F)cc2)nn1. The third kappa shape index (κ3) is 3.95. The van der Waals surface area contributed by atoms with Gasteiger partial charge < -0.3 is 20.1 Å². The van der Waals surface area contributed by atoms with Crippen molar-refractivity contribution in [1.82, 2.24) is 15.5 Å². The Balaban J connectivity index is 1.35. The lowest BCUT2D eigenvalue weighted by Crippen LogP contribution is -2.24. The van der Waals surface area contributed by atoms with Crippen molar-refractivity contribution in [2.45, 2.75) is 6.54 Å². The van der Waals surface area contributed by atoms with Crippen LogP contribution >= 0.6 is 0 Å². The first-order valence-electron chi connectivity index (χ1n) is 8.20. The zero-order chi connectivity index (χ0) is 18.6. The number of carbonyl (C=O) groups excluding carboxylic acids is 1. The zero-order valence-electron chi connectivity index (χ0n) is 14.1. The Morgan fingerprint density at radius 1 is 1.00 bits per heavy atom. The van der Waals surface area contributed by atoms with Crippen LogP contribution in [-0.2, 0) is 6.54 Å². The number of nitrogens with zero attached hydrogens (tertiary/aromatic N) is 2. The van der Waals surface area contributed by atoms with Crippen LogP contribution in [0.2, 0.25) is 0 Å². The second-order valence-corrected chi connectivity index (χ2v) is 5.81. The van der Waals surface area contributed by atoms with Crippen LogP contribution < -0.4 is 20.1 Å². The molecule has 2 N–H and O–H groups in total. The summed E-state index contributed by atoms with van der Waals surface area (Å²) in [6.45, 7) is 0.534. The molecule has 0 saturated heterocycles. The molecule has 0 fully saturated rings. The maximum Gasteiger partial charge on any atom is 0.272 e. The fourth-order valence-electron chi connectivity index (χ4n) is 2.52. The number of fused-ring (bicyclic) bond motifs is 1. The van der Waals surface area contributed by atoms with Crippen molar-refractivity contribution < 1.29 is 18.7 Å². The molecular weight excluding hydrogens is 351 g/mol. The van der Waals surface area contributed by atoms with Gasteiger partial charge in [0.1, 0.15) is 5.82 Å². The molecule has 1 aliphatic heterocycles. The number of amides is 1. The number of hydrogen-bond donors (Lipinski definition) is 2. The van der Waals surface area contributed by atoms with Crippen molar-refractivity contribution >= 4 is 17.4 Å². The maximum absolute atomic E-state index is 12.9. The Morgan fingerprint density at radius 3 is 2.59 bits per heavy atom. The van der Waals surface area contributed by atoms with Crippen molar-refractivity contribution in [2.24, 2.45) is 0 Å². The van der Waals surface area contributed by atoms with Gasteiger partial charge in [0.05, 0.1) is 0 Å². The topological polar surface area (TPSA) is 85.4 Å². The third-order valence-corrected chi connectivity index (χ3v) is 3.90. The van der Waals surface area contributed by atoms with Crippen LogP contribution in [-0.4, -0.2) is 22.9 Å². The molecule has 2 aromatic carbocycles. The largest absolute Gasteiger partial charge is 0.454 e. The van der Waals surface area contributed by atoms with E-state index in [9.17, 15) is 9.18 Å². The van der Waals surface area contributed by atoms with E-state index in [0.29, 0.717) is 29.5 Å². The average Bonchev–Trinajstić information content (AvgIpc) is 3.16. The Hall–Kier alpha value is -3.68. The molecule has 1 amide bonds. The van der Waals surface area contributed by atoms with Gasteiger partial charge in [0.25, 0.3) is 5.91 Å². The standard InChI is InChI=1S/C19H15FN4O3/c20-13-2-4-14(5-3-13)22-18-8-6-15(23-24-18)19(25)21-10-12-1-7-16-17(9-12)27-11-26-16/h1-9H,10-11H2,(H,21,25)(H,22,24). The van der Waals surface area contributed by atoms with Gasteiger partial charge in [-0.3, -0.25) is 4.79 Å². The number of rotatable bonds is 5. The molecule has 1 aromatic heterocycles. The van der Waals surface area contributed by atoms with Crippen LogP contribution in [0.25, 0.3) is 0 Å². The van der Waals surface area contributed by atoms with E-state index < -0.39 is 0 Å². The quantitative estimate of drug-likeness (QED) is 0.722. The summed E-state index contributed by atoms with van der Waals surface area (Å²) >= 11 is 0. The molecular formula is C19H15FN4O3. The van der Waals surface area contributed by atoms with Crippen LogP contribution in [0.3, 0.4) is 0 Å². The first-order valence-corrected chi connectivity index (χ1v) is 8.20. The van der Waals surface area contributed by atoms with Gasteiger partial charge in [-0.2, -0.15) is 0 Å². The summed E-state index contributed by atoms with van der Waals surface area (Å²) in [4.78, 5) is 12.2. The lowest BCUT2D eigenvalue weighted by atomic mass is 10.2. The molecule has 8 heteroatoms. The van der Waals surface area contributed by atoms with Gasteiger partial charge in [0.15, 0.2) is 23.0 Å². The number of anilines is 2. The smallest absolute Gasteiger partial charge is 0.272 e. The third-order valence-electron chi connectivity index (χ3n) is 3.90. The van der Waals surface area contributed by atoms with E-state index in [1.165, 1.54) is 12.1 Å². The van der Waals surface area contributed by atoms with Crippen LogP contribution in [0.1, 0.15) is 16.1 Å². The predicted octanol–water partition coefficient (Wildman–Crippen LogP) is 3.02. The molecule has 0 spiro atoms. The van der Waals surface area contributed by atoms with E-state index in [1.54, 1.807) is 30.3 Å². The lowest BCUT2D eigenvalue weighted by Gasteiger charge is -2.07. The maximum atomic E-state index is 12.9. The molecule has 136 valence electrons. The van der Waals surface area contributed by atoms with Gasteiger partial charge in [-0.25, -0.2) is 4.39 Å². The Labute approximate surface area is 154 Å². The number of hydrogen-bond acceptors (Lipinski definition) is 6. The molecule has 1 aliphatic rings. The van der Waals surface area contributed by atoms with Gasteiger partial charge >= 0.3 is 0 Å². The number of halogens is 1. The first-order chi connectivity index (χ1) is 13.2. The van der Waals surface area contributed by atoms with E-state index in [4.69, 9.17) is 9.47 Å². The van der Waals surface area contributed by atoms with Crippen molar-refractivity contribution in [3.63, 3.8) is 0 Å². The molecule has 7 nitrogen and oxygen atoms in total. The molecule has 0 atom stereocenters. The van der Waals surface area contributed by atoms with Crippen molar-refractivity contribution in [3.05, 3.63) is 71.7 Å². The fraction of sp³-hybridized carbons (Fsp3) is 0.105. The van der Waals surface area contributed by atoms with Crippen LogP contribution in [0.5, 0.6) is 11.5 Å². The monoisotopic (exact) mass is 366 g/mol. The molecule has 0 saturated carbocycles. The van der Waals surface area contributed by atoms with Crippen molar-refractivity contribution in [1.29, 1.82) is 0 Å². The van der Waals surface area contributed by atoms with E-state index in [2.05, 4.69) is 20.8 Å². The highest BCUT2D eigenvalue weighted by molar-refractivity contribution is 5.92. The number of carbonyl (C=O) groups is 1. The number of nitrogens with one attached hydrogen (secondary N) is 2.